The summed E-state index contributed by atoms with van der Waals surface area (Å²) >= 11 is 0. The fourth-order valence-electron chi connectivity index (χ4n) is 1.39. The summed E-state index contributed by atoms with van der Waals surface area (Å²) in [4.78, 5) is 0. The smallest absolute Gasteiger partial charge is 0.119 e. The first-order valence-corrected chi connectivity index (χ1v) is 5.11. The second kappa shape index (κ2) is 5.03. The third-order valence-electron chi connectivity index (χ3n) is 2.11. The normalized spacial score (nSPS) is 10.6. The van der Waals surface area contributed by atoms with Crippen LogP contribution in [-0.4, -0.2) is 16.4 Å². The van der Waals surface area contributed by atoms with Gasteiger partial charge < -0.3 is 10.2 Å². The highest BCUT2D eigenvalue weighted by Crippen LogP contribution is 2.19. The van der Waals surface area contributed by atoms with Crippen molar-refractivity contribution in [1.82, 2.24) is 0 Å². The average molecular weight is 228 g/mol. The molecule has 0 spiro atoms. The van der Waals surface area contributed by atoms with Gasteiger partial charge in [0.05, 0.1) is 11.9 Å². The van der Waals surface area contributed by atoms with E-state index in [-0.39, 0.29) is 11.5 Å². The van der Waals surface area contributed by atoms with Crippen molar-refractivity contribution in [3.8, 4) is 11.5 Å². The summed E-state index contributed by atoms with van der Waals surface area (Å²) in [6.07, 6.45) is 1.52. The van der Waals surface area contributed by atoms with Gasteiger partial charge in [-0.2, -0.15) is 5.10 Å². The quantitative estimate of drug-likeness (QED) is 0.558. The van der Waals surface area contributed by atoms with Crippen molar-refractivity contribution < 1.29 is 10.2 Å². The maximum Gasteiger partial charge on any atom is 0.119 e. The lowest BCUT2D eigenvalue weighted by Crippen LogP contribution is -1.89. The van der Waals surface area contributed by atoms with E-state index in [0.29, 0.717) is 5.56 Å². The molecule has 4 heteroatoms. The number of benzene rings is 2. The van der Waals surface area contributed by atoms with Gasteiger partial charge in [-0.3, -0.25) is 5.43 Å². The van der Waals surface area contributed by atoms with Crippen LogP contribution in [0.4, 0.5) is 5.69 Å². The molecule has 86 valence electrons. The van der Waals surface area contributed by atoms with Crippen LogP contribution in [0.5, 0.6) is 11.5 Å². The van der Waals surface area contributed by atoms with Crippen LogP contribution >= 0.6 is 0 Å². The number of nitrogens with zero attached hydrogens (tertiary/aromatic N) is 1. The second-order valence-electron chi connectivity index (χ2n) is 3.52. The number of rotatable bonds is 3. The third kappa shape index (κ3) is 3.24. The zero-order valence-electron chi connectivity index (χ0n) is 9.04. The first-order chi connectivity index (χ1) is 8.24. The fourth-order valence-corrected chi connectivity index (χ4v) is 1.39. The molecule has 0 saturated heterocycles. The Morgan fingerprint density at radius 3 is 2.24 bits per heavy atom. The first kappa shape index (κ1) is 11.0. The molecule has 2 aromatic rings. The largest absolute Gasteiger partial charge is 0.508 e. The fraction of sp³-hybridized carbons (Fsp3) is 0. The van der Waals surface area contributed by atoms with E-state index in [1.807, 2.05) is 30.3 Å². The van der Waals surface area contributed by atoms with Crippen molar-refractivity contribution in [1.29, 1.82) is 0 Å². The molecule has 4 nitrogen and oxygen atoms in total. The van der Waals surface area contributed by atoms with Gasteiger partial charge in [0, 0.05) is 11.6 Å². The second-order valence-corrected chi connectivity index (χ2v) is 3.52. The Bertz CT molecular complexity index is 504. The van der Waals surface area contributed by atoms with E-state index in [2.05, 4.69) is 10.5 Å². The van der Waals surface area contributed by atoms with E-state index in [9.17, 15) is 10.2 Å². The average Bonchev–Trinajstić information content (AvgIpc) is 2.29. The standard InChI is InChI=1S/C13H12N2O2/c16-12-6-10(7-13(17)8-12)9-14-15-11-4-2-1-3-5-11/h1-9,15-17H. The molecule has 0 aliphatic carbocycles. The highest BCUT2D eigenvalue weighted by atomic mass is 16.3. The summed E-state index contributed by atoms with van der Waals surface area (Å²) in [7, 11) is 0. The van der Waals surface area contributed by atoms with Crippen LogP contribution in [0.15, 0.2) is 53.6 Å². The molecule has 2 rings (SSSR count). The third-order valence-corrected chi connectivity index (χ3v) is 2.11. The van der Waals surface area contributed by atoms with Gasteiger partial charge in [0.25, 0.3) is 0 Å². The summed E-state index contributed by atoms with van der Waals surface area (Å²) in [5, 5.41) is 22.5. The molecule has 17 heavy (non-hydrogen) atoms. The number of phenols is 2. The van der Waals surface area contributed by atoms with Crippen LogP contribution in [0.1, 0.15) is 5.56 Å². The Hall–Kier alpha value is -2.49. The zero-order valence-corrected chi connectivity index (χ0v) is 9.04. The highest BCUT2D eigenvalue weighted by Gasteiger charge is 1.96. The van der Waals surface area contributed by atoms with Gasteiger partial charge in [-0.1, -0.05) is 18.2 Å². The summed E-state index contributed by atoms with van der Waals surface area (Å²) in [6, 6.07) is 13.8. The van der Waals surface area contributed by atoms with Crippen LogP contribution in [0.2, 0.25) is 0 Å². The monoisotopic (exact) mass is 228 g/mol. The molecule has 0 atom stereocenters. The van der Waals surface area contributed by atoms with E-state index < -0.39 is 0 Å². The maximum absolute atomic E-state index is 9.27. The highest BCUT2D eigenvalue weighted by molar-refractivity contribution is 5.81. The van der Waals surface area contributed by atoms with E-state index in [1.165, 1.54) is 24.4 Å². The molecular formula is C13H12N2O2. The van der Waals surface area contributed by atoms with Gasteiger partial charge in [0.2, 0.25) is 0 Å². The molecule has 0 bridgehead atoms. The lowest BCUT2D eigenvalue weighted by atomic mass is 10.2. The summed E-state index contributed by atoms with van der Waals surface area (Å²) < 4.78 is 0. The van der Waals surface area contributed by atoms with E-state index in [1.54, 1.807) is 0 Å². The minimum atomic E-state index is 0.00570. The lowest BCUT2D eigenvalue weighted by molar-refractivity contribution is 0.450. The maximum atomic E-state index is 9.27. The van der Waals surface area contributed by atoms with E-state index >= 15 is 0 Å². The Balaban J connectivity index is 2.06. The number of nitrogens with one attached hydrogen (secondary N) is 1. The summed E-state index contributed by atoms with van der Waals surface area (Å²) in [6.45, 7) is 0. The summed E-state index contributed by atoms with van der Waals surface area (Å²) in [5.41, 5.74) is 4.32. The van der Waals surface area contributed by atoms with Crippen LogP contribution in [0.3, 0.4) is 0 Å². The number of hydrogen-bond donors (Lipinski definition) is 3. The predicted octanol–water partition coefficient (Wildman–Crippen LogP) is 2.54. The zero-order chi connectivity index (χ0) is 12.1. The lowest BCUT2D eigenvalue weighted by Gasteiger charge is -2.00. The van der Waals surface area contributed by atoms with Gasteiger partial charge in [0.1, 0.15) is 11.5 Å². The Morgan fingerprint density at radius 2 is 1.59 bits per heavy atom. The van der Waals surface area contributed by atoms with Gasteiger partial charge in [-0.25, -0.2) is 0 Å². The molecule has 0 amide bonds. The molecule has 0 saturated carbocycles. The van der Waals surface area contributed by atoms with Crippen molar-refractivity contribution in [2.75, 3.05) is 5.43 Å². The van der Waals surface area contributed by atoms with Gasteiger partial charge in [-0.05, 0) is 24.3 Å². The van der Waals surface area contributed by atoms with Crippen LogP contribution in [0, 0.1) is 0 Å². The van der Waals surface area contributed by atoms with Crippen molar-refractivity contribution in [3.63, 3.8) is 0 Å². The molecule has 3 N–H and O–H groups in total. The van der Waals surface area contributed by atoms with Crippen molar-refractivity contribution in [2.24, 2.45) is 5.10 Å². The molecule has 0 unspecified atom stereocenters. The van der Waals surface area contributed by atoms with Crippen molar-refractivity contribution >= 4 is 11.9 Å². The predicted molar refractivity (Wildman–Crippen MR) is 67.4 cm³/mol. The van der Waals surface area contributed by atoms with E-state index in [0.717, 1.165) is 5.69 Å². The molecule has 0 fully saturated rings. The molecule has 0 heterocycles. The van der Waals surface area contributed by atoms with Crippen molar-refractivity contribution in [3.05, 3.63) is 54.1 Å². The molecule has 0 aliphatic heterocycles. The Kier molecular flexibility index (Phi) is 3.25. The number of aromatic hydroxyl groups is 2. The Labute approximate surface area is 98.9 Å². The van der Waals surface area contributed by atoms with E-state index in [4.69, 9.17) is 0 Å². The van der Waals surface area contributed by atoms with Gasteiger partial charge in [-0.15, -0.1) is 0 Å². The number of para-hydroxylation sites is 1. The number of anilines is 1. The van der Waals surface area contributed by atoms with Crippen LogP contribution < -0.4 is 5.43 Å². The Morgan fingerprint density at radius 1 is 0.941 bits per heavy atom. The molecule has 0 aromatic heterocycles. The number of hydrogen-bond acceptors (Lipinski definition) is 4. The minimum Gasteiger partial charge on any atom is -0.508 e. The van der Waals surface area contributed by atoms with Crippen LogP contribution in [-0.2, 0) is 0 Å². The van der Waals surface area contributed by atoms with Crippen LogP contribution in [0.25, 0.3) is 0 Å². The molecule has 0 aliphatic rings. The topological polar surface area (TPSA) is 64.8 Å². The SMILES string of the molecule is Oc1cc(O)cc(C=NNc2ccccc2)c1. The van der Waals surface area contributed by atoms with Gasteiger partial charge >= 0.3 is 0 Å². The molecular weight excluding hydrogens is 216 g/mol. The van der Waals surface area contributed by atoms with Gasteiger partial charge in [0.15, 0.2) is 0 Å². The molecule has 2 aromatic carbocycles. The first-order valence-electron chi connectivity index (χ1n) is 5.11. The minimum absolute atomic E-state index is 0.00570. The number of phenolic OH excluding ortho intramolecular Hbond substituents is 2. The molecule has 0 radical (unpaired) electrons. The summed E-state index contributed by atoms with van der Waals surface area (Å²) in [5.74, 6) is 0.0114. The number of hydrazone groups is 1. The van der Waals surface area contributed by atoms with Crippen molar-refractivity contribution in [2.45, 2.75) is 0 Å².